The number of anilines is 1. The zero-order valence-electron chi connectivity index (χ0n) is 13.7. The van der Waals surface area contributed by atoms with E-state index in [4.69, 9.17) is 9.84 Å². The Kier molecular flexibility index (Phi) is 5.54. The van der Waals surface area contributed by atoms with E-state index in [1.54, 1.807) is 19.2 Å². The molecule has 0 aromatic heterocycles. The number of carbonyl (C=O) groups is 2. The second kappa shape index (κ2) is 7.79. The molecule has 0 aliphatic heterocycles. The van der Waals surface area contributed by atoms with Crippen molar-refractivity contribution in [2.45, 2.75) is 6.92 Å². The number of methoxy groups -OCH3 is 1. The van der Waals surface area contributed by atoms with Crippen molar-refractivity contribution >= 4 is 23.6 Å². The summed E-state index contributed by atoms with van der Waals surface area (Å²) < 4.78 is 5.18. The number of carboxylic acid groups (broad SMARTS) is 1. The first-order valence-electron chi connectivity index (χ1n) is 7.35. The molecule has 0 saturated carbocycles. The monoisotopic (exact) mass is 336 g/mol. The van der Waals surface area contributed by atoms with Gasteiger partial charge in [0, 0.05) is 5.69 Å². The Labute approximate surface area is 145 Å². The normalized spacial score (nSPS) is 10.7. The predicted molar refractivity (Wildman–Crippen MR) is 93.4 cm³/mol. The molecule has 0 radical (unpaired) electrons. The Morgan fingerprint density at radius 2 is 1.88 bits per heavy atom. The number of benzene rings is 2. The van der Waals surface area contributed by atoms with Gasteiger partial charge in [-0.25, -0.2) is 4.79 Å². The molecule has 1 amide bonds. The van der Waals surface area contributed by atoms with E-state index in [0.29, 0.717) is 11.3 Å². The molecule has 0 spiro atoms. The Bertz CT molecular complexity index is 877. The molecule has 0 unspecified atom stereocenters. The molecular formula is C19H16N2O4. The molecule has 126 valence electrons. The second-order valence-corrected chi connectivity index (χ2v) is 5.24. The maximum Gasteiger partial charge on any atom is 0.335 e. The van der Waals surface area contributed by atoms with Gasteiger partial charge in [-0.2, -0.15) is 5.26 Å². The summed E-state index contributed by atoms with van der Waals surface area (Å²) >= 11 is 0. The van der Waals surface area contributed by atoms with Gasteiger partial charge >= 0.3 is 5.97 Å². The Morgan fingerprint density at radius 3 is 2.40 bits per heavy atom. The molecule has 0 fully saturated rings. The van der Waals surface area contributed by atoms with Crippen LogP contribution < -0.4 is 10.1 Å². The first-order valence-corrected chi connectivity index (χ1v) is 7.35. The number of nitrogens with one attached hydrogen (secondary N) is 1. The lowest BCUT2D eigenvalue weighted by Gasteiger charge is -2.06. The summed E-state index contributed by atoms with van der Waals surface area (Å²) in [6.07, 6.45) is 1.48. The van der Waals surface area contributed by atoms with Gasteiger partial charge in [0.15, 0.2) is 0 Å². The van der Waals surface area contributed by atoms with Gasteiger partial charge in [0.2, 0.25) is 0 Å². The number of nitrogens with zero attached hydrogens (tertiary/aromatic N) is 1. The first-order chi connectivity index (χ1) is 11.9. The number of hydrogen-bond donors (Lipinski definition) is 2. The van der Waals surface area contributed by atoms with Crippen LogP contribution in [0.15, 0.2) is 48.0 Å². The van der Waals surface area contributed by atoms with Crippen LogP contribution in [0.25, 0.3) is 6.08 Å². The third kappa shape index (κ3) is 4.45. The smallest absolute Gasteiger partial charge is 0.335 e. The van der Waals surface area contributed by atoms with Crippen molar-refractivity contribution in [3.05, 3.63) is 64.7 Å². The highest BCUT2D eigenvalue weighted by molar-refractivity contribution is 6.09. The van der Waals surface area contributed by atoms with Crippen LogP contribution in [0.5, 0.6) is 5.75 Å². The van der Waals surface area contributed by atoms with Crippen molar-refractivity contribution < 1.29 is 19.4 Å². The zero-order valence-corrected chi connectivity index (χ0v) is 13.7. The van der Waals surface area contributed by atoms with E-state index < -0.39 is 11.9 Å². The van der Waals surface area contributed by atoms with Crippen molar-refractivity contribution in [2.24, 2.45) is 0 Å². The number of carbonyl (C=O) groups excluding carboxylic acids is 1. The van der Waals surface area contributed by atoms with Crippen molar-refractivity contribution in [2.75, 3.05) is 12.4 Å². The topological polar surface area (TPSA) is 99.4 Å². The van der Waals surface area contributed by atoms with Crippen molar-refractivity contribution in [3.63, 3.8) is 0 Å². The van der Waals surface area contributed by atoms with Crippen LogP contribution in [-0.4, -0.2) is 24.1 Å². The minimum Gasteiger partial charge on any atom is -0.496 e. The zero-order chi connectivity index (χ0) is 18.4. The van der Waals surface area contributed by atoms with E-state index in [-0.39, 0.29) is 11.1 Å². The average Bonchev–Trinajstić information content (AvgIpc) is 2.60. The largest absolute Gasteiger partial charge is 0.496 e. The van der Waals surface area contributed by atoms with E-state index >= 15 is 0 Å². The van der Waals surface area contributed by atoms with Gasteiger partial charge in [-0.05, 0) is 60.5 Å². The van der Waals surface area contributed by atoms with Crippen molar-refractivity contribution in [1.29, 1.82) is 5.26 Å². The minimum atomic E-state index is -1.05. The summed E-state index contributed by atoms with van der Waals surface area (Å²) in [7, 11) is 1.57. The molecule has 0 aliphatic carbocycles. The number of rotatable bonds is 5. The predicted octanol–water partition coefficient (Wildman–Crippen LogP) is 3.25. The van der Waals surface area contributed by atoms with Gasteiger partial charge in [-0.3, -0.25) is 4.79 Å². The highest BCUT2D eigenvalue weighted by Gasteiger charge is 2.11. The molecule has 0 atom stereocenters. The number of aromatic carboxylic acids is 1. The van der Waals surface area contributed by atoms with Gasteiger partial charge in [0.25, 0.3) is 5.91 Å². The Morgan fingerprint density at radius 1 is 1.20 bits per heavy atom. The van der Waals surface area contributed by atoms with Gasteiger partial charge < -0.3 is 15.2 Å². The van der Waals surface area contributed by atoms with Crippen LogP contribution in [0, 0.1) is 18.3 Å². The fourth-order valence-corrected chi connectivity index (χ4v) is 2.20. The molecule has 2 N–H and O–H groups in total. The molecule has 25 heavy (non-hydrogen) atoms. The summed E-state index contributed by atoms with van der Waals surface area (Å²) in [4.78, 5) is 23.0. The number of ether oxygens (including phenoxy) is 1. The third-order valence-corrected chi connectivity index (χ3v) is 3.48. The maximum atomic E-state index is 12.2. The highest BCUT2D eigenvalue weighted by atomic mass is 16.5. The second-order valence-electron chi connectivity index (χ2n) is 5.24. The van der Waals surface area contributed by atoms with Crippen LogP contribution >= 0.6 is 0 Å². The van der Waals surface area contributed by atoms with Crippen LogP contribution in [-0.2, 0) is 4.79 Å². The van der Waals surface area contributed by atoms with E-state index in [9.17, 15) is 14.9 Å². The van der Waals surface area contributed by atoms with Gasteiger partial charge in [-0.1, -0.05) is 6.07 Å². The number of hydrogen-bond acceptors (Lipinski definition) is 4. The first kappa shape index (κ1) is 17.8. The fraction of sp³-hybridized carbons (Fsp3) is 0.105. The van der Waals surface area contributed by atoms with Crippen molar-refractivity contribution in [3.8, 4) is 11.8 Å². The third-order valence-electron chi connectivity index (χ3n) is 3.48. The summed E-state index contributed by atoms with van der Waals surface area (Å²) in [5.41, 5.74) is 2.04. The highest BCUT2D eigenvalue weighted by Crippen LogP contribution is 2.20. The SMILES string of the molecule is COc1ccc(C=C(C#N)C(=O)Nc2ccc(C(=O)O)cc2)cc1C. The number of amides is 1. The summed E-state index contributed by atoms with van der Waals surface area (Å²) in [6, 6.07) is 12.9. The lowest BCUT2D eigenvalue weighted by Crippen LogP contribution is -2.13. The number of nitriles is 1. The standard InChI is InChI=1S/C19H16N2O4/c1-12-9-13(3-8-17(12)25-2)10-15(11-20)18(22)21-16-6-4-14(5-7-16)19(23)24/h3-10H,1-2H3,(H,21,22)(H,23,24). The van der Waals surface area contributed by atoms with Crippen molar-refractivity contribution in [1.82, 2.24) is 0 Å². The summed E-state index contributed by atoms with van der Waals surface area (Å²) in [5, 5.41) is 20.7. The molecule has 0 heterocycles. The molecule has 2 rings (SSSR count). The van der Waals surface area contributed by atoms with Crippen LogP contribution in [0.2, 0.25) is 0 Å². The lowest BCUT2D eigenvalue weighted by atomic mass is 10.1. The Balaban J connectivity index is 2.19. The molecule has 6 nitrogen and oxygen atoms in total. The van der Waals surface area contributed by atoms with E-state index in [2.05, 4.69) is 5.32 Å². The Hall–Kier alpha value is -3.59. The molecule has 0 aliphatic rings. The summed E-state index contributed by atoms with van der Waals surface area (Å²) in [6.45, 7) is 1.87. The average molecular weight is 336 g/mol. The lowest BCUT2D eigenvalue weighted by molar-refractivity contribution is -0.112. The minimum absolute atomic E-state index is 0.0631. The van der Waals surface area contributed by atoms with E-state index in [0.717, 1.165) is 11.3 Å². The fourth-order valence-electron chi connectivity index (χ4n) is 2.20. The van der Waals surface area contributed by atoms with Crippen LogP contribution in [0.4, 0.5) is 5.69 Å². The number of carboxylic acids is 1. The van der Waals surface area contributed by atoms with E-state index in [1.165, 1.54) is 30.3 Å². The molecule has 2 aromatic rings. The van der Waals surface area contributed by atoms with E-state index in [1.807, 2.05) is 19.1 Å². The molecular weight excluding hydrogens is 320 g/mol. The molecule has 2 aromatic carbocycles. The molecule has 0 bridgehead atoms. The van der Waals surface area contributed by atoms with Gasteiger partial charge in [0.1, 0.15) is 17.4 Å². The van der Waals surface area contributed by atoms with Crippen LogP contribution in [0.3, 0.4) is 0 Å². The van der Waals surface area contributed by atoms with Gasteiger partial charge in [0.05, 0.1) is 12.7 Å². The molecule has 6 heteroatoms. The summed E-state index contributed by atoms with van der Waals surface area (Å²) in [5.74, 6) is -0.900. The van der Waals surface area contributed by atoms with Crippen LogP contribution in [0.1, 0.15) is 21.5 Å². The quantitative estimate of drug-likeness (QED) is 0.645. The molecule has 0 saturated heterocycles. The maximum absolute atomic E-state index is 12.2. The number of aryl methyl sites for hydroxylation is 1. The van der Waals surface area contributed by atoms with Gasteiger partial charge in [-0.15, -0.1) is 0 Å².